The molecule has 3 heterocycles. The molecule has 116 valence electrons. The SMILES string of the molecule is Cc1csc(NC(=O)CSc2ccc(-c3cccnc3)nn2)n1. The largest absolute Gasteiger partial charge is 0.301 e. The van der Waals surface area contributed by atoms with Crippen molar-refractivity contribution in [3.63, 3.8) is 0 Å². The number of carbonyl (C=O) groups is 1. The summed E-state index contributed by atoms with van der Waals surface area (Å²) in [6.45, 7) is 1.89. The lowest BCUT2D eigenvalue weighted by atomic mass is 10.2. The Morgan fingerprint density at radius 3 is 2.87 bits per heavy atom. The third-order valence-electron chi connectivity index (χ3n) is 2.81. The fraction of sp³-hybridized carbons (Fsp3) is 0.133. The van der Waals surface area contributed by atoms with E-state index in [2.05, 4.69) is 25.5 Å². The average Bonchev–Trinajstić information content (AvgIpc) is 2.99. The van der Waals surface area contributed by atoms with Crippen molar-refractivity contribution in [1.29, 1.82) is 0 Å². The monoisotopic (exact) mass is 343 g/mol. The quantitative estimate of drug-likeness (QED) is 0.717. The molecule has 0 saturated heterocycles. The summed E-state index contributed by atoms with van der Waals surface area (Å²) < 4.78 is 0. The number of aryl methyl sites for hydroxylation is 1. The van der Waals surface area contributed by atoms with Gasteiger partial charge in [0, 0.05) is 23.3 Å². The van der Waals surface area contributed by atoms with Gasteiger partial charge in [-0.25, -0.2) is 4.98 Å². The number of nitrogens with one attached hydrogen (secondary N) is 1. The number of hydrogen-bond acceptors (Lipinski definition) is 7. The van der Waals surface area contributed by atoms with Crippen LogP contribution in [0.15, 0.2) is 47.1 Å². The first-order chi connectivity index (χ1) is 11.2. The molecule has 3 rings (SSSR count). The van der Waals surface area contributed by atoms with Crippen LogP contribution in [0.4, 0.5) is 5.13 Å². The van der Waals surface area contributed by atoms with Crippen molar-refractivity contribution in [2.24, 2.45) is 0 Å². The average molecular weight is 343 g/mol. The summed E-state index contributed by atoms with van der Waals surface area (Å²) >= 11 is 2.75. The molecule has 23 heavy (non-hydrogen) atoms. The molecule has 0 fully saturated rings. The van der Waals surface area contributed by atoms with Gasteiger partial charge in [0.1, 0.15) is 5.03 Å². The summed E-state index contributed by atoms with van der Waals surface area (Å²) in [7, 11) is 0. The van der Waals surface area contributed by atoms with Crippen LogP contribution >= 0.6 is 23.1 Å². The zero-order valence-corrected chi connectivity index (χ0v) is 13.9. The van der Waals surface area contributed by atoms with Crippen LogP contribution < -0.4 is 5.32 Å². The van der Waals surface area contributed by atoms with Gasteiger partial charge in [-0.1, -0.05) is 11.8 Å². The Labute approximate surface area is 141 Å². The first-order valence-electron chi connectivity index (χ1n) is 6.79. The molecule has 0 radical (unpaired) electrons. The van der Waals surface area contributed by atoms with Gasteiger partial charge in [0.2, 0.25) is 5.91 Å². The molecule has 3 aromatic heterocycles. The van der Waals surface area contributed by atoms with E-state index in [1.165, 1.54) is 23.1 Å². The molecule has 0 aliphatic carbocycles. The Bertz CT molecular complexity index is 789. The number of thioether (sulfide) groups is 1. The zero-order valence-electron chi connectivity index (χ0n) is 12.3. The van der Waals surface area contributed by atoms with Crippen molar-refractivity contribution in [2.75, 3.05) is 11.1 Å². The normalized spacial score (nSPS) is 10.5. The van der Waals surface area contributed by atoms with Crippen LogP contribution in [0.2, 0.25) is 0 Å². The van der Waals surface area contributed by atoms with Crippen LogP contribution in [-0.2, 0) is 4.79 Å². The number of anilines is 1. The molecule has 0 aromatic carbocycles. The van der Waals surface area contributed by atoms with Crippen molar-refractivity contribution >= 4 is 34.1 Å². The molecule has 0 bridgehead atoms. The van der Waals surface area contributed by atoms with Gasteiger partial charge in [0.05, 0.1) is 17.1 Å². The highest BCUT2D eigenvalue weighted by atomic mass is 32.2. The van der Waals surface area contributed by atoms with Gasteiger partial charge in [0.25, 0.3) is 0 Å². The second kappa shape index (κ2) is 7.30. The van der Waals surface area contributed by atoms with Crippen LogP contribution in [0.25, 0.3) is 11.3 Å². The first-order valence-corrected chi connectivity index (χ1v) is 8.66. The van der Waals surface area contributed by atoms with Crippen LogP contribution in [0.5, 0.6) is 0 Å². The highest BCUT2D eigenvalue weighted by molar-refractivity contribution is 7.99. The molecule has 1 N–H and O–H groups in total. The van der Waals surface area contributed by atoms with Gasteiger partial charge >= 0.3 is 0 Å². The molecule has 0 atom stereocenters. The summed E-state index contributed by atoms with van der Waals surface area (Å²) in [5, 5.41) is 14.3. The maximum absolute atomic E-state index is 11.9. The van der Waals surface area contributed by atoms with Crippen LogP contribution in [0.3, 0.4) is 0 Å². The third kappa shape index (κ3) is 4.33. The van der Waals surface area contributed by atoms with E-state index in [4.69, 9.17) is 0 Å². The predicted octanol–water partition coefficient (Wildman–Crippen LogP) is 3.03. The molecule has 0 spiro atoms. The van der Waals surface area contributed by atoms with Gasteiger partial charge in [0.15, 0.2) is 5.13 Å². The smallest absolute Gasteiger partial charge is 0.236 e. The van der Waals surface area contributed by atoms with E-state index in [1.807, 2.05) is 36.6 Å². The van der Waals surface area contributed by atoms with Crippen molar-refractivity contribution in [3.05, 3.63) is 47.7 Å². The number of carbonyl (C=O) groups excluding carboxylic acids is 1. The molecule has 3 aromatic rings. The fourth-order valence-electron chi connectivity index (χ4n) is 1.77. The van der Waals surface area contributed by atoms with Gasteiger partial charge in [-0.05, 0) is 31.2 Å². The maximum atomic E-state index is 11.9. The Morgan fingerprint density at radius 2 is 2.22 bits per heavy atom. The molecule has 0 aliphatic rings. The lowest BCUT2D eigenvalue weighted by Crippen LogP contribution is -2.14. The van der Waals surface area contributed by atoms with E-state index in [1.54, 1.807) is 12.4 Å². The predicted molar refractivity (Wildman–Crippen MR) is 91.5 cm³/mol. The lowest BCUT2D eigenvalue weighted by Gasteiger charge is -2.02. The Hall–Kier alpha value is -2.32. The summed E-state index contributed by atoms with van der Waals surface area (Å²) in [5.74, 6) is 0.155. The van der Waals surface area contributed by atoms with E-state index in [0.29, 0.717) is 10.2 Å². The molecule has 0 unspecified atom stereocenters. The van der Waals surface area contributed by atoms with Gasteiger partial charge in [-0.3, -0.25) is 9.78 Å². The summed E-state index contributed by atoms with van der Waals surface area (Å²) in [6, 6.07) is 7.49. The van der Waals surface area contributed by atoms with Crippen molar-refractivity contribution < 1.29 is 4.79 Å². The van der Waals surface area contributed by atoms with Crippen molar-refractivity contribution in [3.8, 4) is 11.3 Å². The highest BCUT2D eigenvalue weighted by Gasteiger charge is 2.08. The summed E-state index contributed by atoms with van der Waals surface area (Å²) in [5.41, 5.74) is 2.56. The van der Waals surface area contributed by atoms with E-state index in [-0.39, 0.29) is 11.7 Å². The molecular formula is C15H13N5OS2. The summed E-state index contributed by atoms with van der Waals surface area (Å²) in [6.07, 6.45) is 3.45. The molecule has 1 amide bonds. The molecule has 8 heteroatoms. The number of amides is 1. The van der Waals surface area contributed by atoms with Crippen molar-refractivity contribution in [2.45, 2.75) is 11.9 Å². The number of hydrogen-bond donors (Lipinski definition) is 1. The minimum atomic E-state index is -0.109. The zero-order chi connectivity index (χ0) is 16.1. The van der Waals surface area contributed by atoms with Crippen LogP contribution in [-0.4, -0.2) is 31.8 Å². The van der Waals surface area contributed by atoms with Crippen LogP contribution in [0.1, 0.15) is 5.69 Å². The lowest BCUT2D eigenvalue weighted by molar-refractivity contribution is -0.113. The Morgan fingerprint density at radius 1 is 1.30 bits per heavy atom. The topological polar surface area (TPSA) is 80.7 Å². The molecule has 0 saturated carbocycles. The van der Waals surface area contributed by atoms with Gasteiger partial charge in [-0.15, -0.1) is 21.5 Å². The number of nitrogens with zero attached hydrogens (tertiary/aromatic N) is 4. The summed E-state index contributed by atoms with van der Waals surface area (Å²) in [4.78, 5) is 20.1. The fourth-order valence-corrected chi connectivity index (χ4v) is 3.09. The molecular weight excluding hydrogens is 330 g/mol. The Balaban J connectivity index is 1.55. The second-order valence-corrected chi connectivity index (χ2v) is 6.48. The van der Waals surface area contributed by atoms with E-state index in [0.717, 1.165) is 17.0 Å². The number of pyridine rings is 1. The van der Waals surface area contributed by atoms with Gasteiger partial charge < -0.3 is 5.32 Å². The number of rotatable bonds is 5. The van der Waals surface area contributed by atoms with Crippen molar-refractivity contribution in [1.82, 2.24) is 20.2 Å². The minimum absolute atomic E-state index is 0.109. The van der Waals surface area contributed by atoms with E-state index >= 15 is 0 Å². The Kier molecular flexibility index (Phi) is 4.94. The first kappa shape index (κ1) is 15.6. The van der Waals surface area contributed by atoms with Gasteiger partial charge in [-0.2, -0.15) is 0 Å². The molecule has 6 nitrogen and oxygen atoms in total. The molecule has 0 aliphatic heterocycles. The van der Waals surface area contributed by atoms with E-state index in [9.17, 15) is 4.79 Å². The van der Waals surface area contributed by atoms with E-state index < -0.39 is 0 Å². The maximum Gasteiger partial charge on any atom is 0.236 e. The standard InChI is InChI=1S/C15H13N5OS2/c1-10-8-23-15(17-10)18-13(21)9-22-14-5-4-12(19-20-14)11-3-2-6-16-7-11/h2-8H,9H2,1H3,(H,17,18,21). The third-order valence-corrected chi connectivity index (χ3v) is 4.61. The highest BCUT2D eigenvalue weighted by Crippen LogP contribution is 2.20. The van der Waals surface area contributed by atoms with Crippen LogP contribution in [0, 0.1) is 6.92 Å². The number of aromatic nitrogens is 4. The minimum Gasteiger partial charge on any atom is -0.301 e. The number of thiazole rings is 1. The second-order valence-electron chi connectivity index (χ2n) is 4.63.